The number of aliphatic imine (C=N–C) groups is 1. The van der Waals surface area contributed by atoms with E-state index in [1.165, 1.54) is 6.08 Å². The van der Waals surface area contributed by atoms with Gasteiger partial charge < -0.3 is 9.47 Å². The molecular formula is C25H19N3O7. The highest BCUT2D eigenvalue weighted by atomic mass is 16.6. The first-order chi connectivity index (χ1) is 16.7. The van der Waals surface area contributed by atoms with Crippen molar-refractivity contribution >= 4 is 29.3 Å². The van der Waals surface area contributed by atoms with Crippen LogP contribution in [0.3, 0.4) is 0 Å². The van der Waals surface area contributed by atoms with Crippen molar-refractivity contribution in [2.24, 2.45) is 4.99 Å². The van der Waals surface area contributed by atoms with Crippen LogP contribution >= 0.6 is 0 Å². The van der Waals surface area contributed by atoms with Crippen LogP contribution in [-0.2, 0) is 9.53 Å². The van der Waals surface area contributed by atoms with Crippen molar-refractivity contribution in [2.45, 2.75) is 19.8 Å². The average Bonchev–Trinajstić information content (AvgIpc) is 3.19. The quantitative estimate of drug-likeness (QED) is 0.184. The SMILES string of the molecule is CC(C)c1ccc(C2=N/C(=C\c3cccc(Oc4ccc([N+](=O)[O-])cc4[N+](=O)[O-])c3)C(=O)O2)cc1. The van der Waals surface area contributed by atoms with Crippen LogP contribution in [0.15, 0.2) is 77.4 Å². The standard InChI is InChI=1S/C25H19N3O7/c1-15(2)17-6-8-18(9-7-17)24-26-21(25(29)35-24)13-16-4-3-5-20(12-16)34-23-11-10-19(27(30)31)14-22(23)28(32)33/h3-15H,1-2H3/b21-13-. The zero-order valence-corrected chi connectivity index (χ0v) is 18.7. The maximum atomic E-state index is 12.4. The van der Waals surface area contributed by atoms with Gasteiger partial charge >= 0.3 is 11.7 Å². The van der Waals surface area contributed by atoms with Gasteiger partial charge in [-0.1, -0.05) is 38.1 Å². The second-order valence-corrected chi connectivity index (χ2v) is 7.95. The number of nitro groups is 2. The molecule has 0 amide bonds. The van der Waals surface area contributed by atoms with Gasteiger partial charge in [0.1, 0.15) is 5.75 Å². The summed E-state index contributed by atoms with van der Waals surface area (Å²) in [5.41, 5.74) is 1.49. The first kappa shape index (κ1) is 23.3. The van der Waals surface area contributed by atoms with Crippen molar-refractivity contribution in [3.63, 3.8) is 0 Å². The molecule has 176 valence electrons. The van der Waals surface area contributed by atoms with Gasteiger partial charge in [-0.25, -0.2) is 9.79 Å². The van der Waals surface area contributed by atoms with Crippen LogP contribution in [0.1, 0.15) is 36.5 Å². The van der Waals surface area contributed by atoms with Crippen LogP contribution in [0.4, 0.5) is 11.4 Å². The van der Waals surface area contributed by atoms with Crippen LogP contribution < -0.4 is 4.74 Å². The summed E-state index contributed by atoms with van der Waals surface area (Å²) >= 11 is 0. The Morgan fingerprint density at radius 2 is 1.71 bits per heavy atom. The molecule has 35 heavy (non-hydrogen) atoms. The van der Waals surface area contributed by atoms with E-state index in [1.807, 2.05) is 24.3 Å². The summed E-state index contributed by atoms with van der Waals surface area (Å²) < 4.78 is 10.9. The van der Waals surface area contributed by atoms with Gasteiger partial charge in [-0.2, -0.15) is 0 Å². The molecule has 1 heterocycles. The Bertz CT molecular complexity index is 1390. The first-order valence-corrected chi connectivity index (χ1v) is 10.5. The number of ether oxygens (including phenoxy) is 2. The monoisotopic (exact) mass is 473 g/mol. The Balaban J connectivity index is 1.58. The number of rotatable bonds is 7. The van der Waals surface area contributed by atoms with Crippen LogP contribution in [0.25, 0.3) is 6.08 Å². The van der Waals surface area contributed by atoms with E-state index >= 15 is 0 Å². The molecule has 0 aliphatic carbocycles. The number of carbonyl (C=O) groups is 1. The molecule has 0 bridgehead atoms. The normalized spacial score (nSPS) is 14.1. The summed E-state index contributed by atoms with van der Waals surface area (Å²) in [4.78, 5) is 37.4. The number of hydrogen-bond donors (Lipinski definition) is 0. The summed E-state index contributed by atoms with van der Waals surface area (Å²) in [6, 6.07) is 17.2. The molecule has 0 fully saturated rings. The number of nitro benzene ring substituents is 2. The maximum absolute atomic E-state index is 12.4. The largest absolute Gasteiger partial charge is 0.450 e. The van der Waals surface area contributed by atoms with Gasteiger partial charge in [0.05, 0.1) is 15.9 Å². The smallest absolute Gasteiger partial charge is 0.363 e. The lowest BCUT2D eigenvalue weighted by Gasteiger charge is -2.07. The Hall–Kier alpha value is -4.86. The summed E-state index contributed by atoms with van der Waals surface area (Å²) in [5, 5.41) is 22.3. The molecule has 0 unspecified atom stereocenters. The Morgan fingerprint density at radius 3 is 2.37 bits per heavy atom. The minimum atomic E-state index is -0.757. The molecule has 1 aliphatic rings. The number of cyclic esters (lactones) is 1. The van der Waals surface area contributed by atoms with Gasteiger partial charge in [-0.15, -0.1) is 0 Å². The molecule has 3 aromatic rings. The van der Waals surface area contributed by atoms with Crippen molar-refractivity contribution in [3.8, 4) is 11.5 Å². The van der Waals surface area contributed by atoms with Gasteiger partial charge in [-0.3, -0.25) is 20.2 Å². The minimum absolute atomic E-state index is 0.0893. The van der Waals surface area contributed by atoms with E-state index in [-0.39, 0.29) is 23.1 Å². The van der Waals surface area contributed by atoms with E-state index in [9.17, 15) is 25.0 Å². The highest BCUT2D eigenvalue weighted by molar-refractivity contribution is 6.12. The fraction of sp³-hybridized carbons (Fsp3) is 0.120. The molecular weight excluding hydrogens is 454 g/mol. The average molecular weight is 473 g/mol. The van der Waals surface area contributed by atoms with Crippen molar-refractivity contribution < 1.29 is 24.1 Å². The minimum Gasteiger partial charge on any atom is -0.450 e. The molecule has 0 radical (unpaired) electrons. The van der Waals surface area contributed by atoms with E-state index in [2.05, 4.69) is 18.8 Å². The molecule has 0 spiro atoms. The third kappa shape index (κ3) is 5.22. The number of carbonyl (C=O) groups excluding carboxylic acids is 1. The number of nitrogens with zero attached hydrogens (tertiary/aromatic N) is 3. The lowest BCUT2D eigenvalue weighted by atomic mass is 10.0. The maximum Gasteiger partial charge on any atom is 0.363 e. The molecule has 0 aromatic heterocycles. The highest BCUT2D eigenvalue weighted by Gasteiger charge is 2.25. The summed E-state index contributed by atoms with van der Waals surface area (Å²) in [5.74, 6) is 0.0391. The number of hydrogen-bond acceptors (Lipinski definition) is 8. The van der Waals surface area contributed by atoms with E-state index < -0.39 is 27.2 Å². The van der Waals surface area contributed by atoms with Gasteiger partial charge in [0, 0.05) is 11.6 Å². The molecule has 1 aliphatic heterocycles. The van der Waals surface area contributed by atoms with Gasteiger partial charge in [-0.05, 0) is 53.5 Å². The Kier molecular flexibility index (Phi) is 6.36. The van der Waals surface area contributed by atoms with Gasteiger partial charge in [0.25, 0.3) is 5.69 Å². The Morgan fingerprint density at radius 1 is 0.971 bits per heavy atom. The predicted octanol–water partition coefficient (Wildman–Crippen LogP) is 5.76. The molecule has 3 aromatic carbocycles. The molecule has 10 nitrogen and oxygen atoms in total. The molecule has 0 saturated heterocycles. The first-order valence-electron chi connectivity index (χ1n) is 10.5. The van der Waals surface area contributed by atoms with E-state index in [4.69, 9.17) is 9.47 Å². The third-order valence-electron chi connectivity index (χ3n) is 5.18. The fourth-order valence-electron chi connectivity index (χ4n) is 3.34. The third-order valence-corrected chi connectivity index (χ3v) is 5.18. The van der Waals surface area contributed by atoms with Crippen molar-refractivity contribution in [1.82, 2.24) is 0 Å². The summed E-state index contributed by atoms with van der Waals surface area (Å²) in [6.07, 6.45) is 1.51. The second-order valence-electron chi connectivity index (χ2n) is 7.95. The topological polar surface area (TPSA) is 134 Å². The van der Waals surface area contributed by atoms with E-state index in [0.29, 0.717) is 17.0 Å². The van der Waals surface area contributed by atoms with Crippen molar-refractivity contribution in [2.75, 3.05) is 0 Å². The zero-order chi connectivity index (χ0) is 25.1. The zero-order valence-electron chi connectivity index (χ0n) is 18.7. The van der Waals surface area contributed by atoms with Crippen molar-refractivity contribution in [3.05, 3.63) is 109 Å². The molecule has 0 N–H and O–H groups in total. The van der Waals surface area contributed by atoms with Gasteiger partial charge in [0.15, 0.2) is 5.70 Å². The van der Waals surface area contributed by atoms with E-state index in [0.717, 1.165) is 23.8 Å². The highest BCUT2D eigenvalue weighted by Crippen LogP contribution is 2.35. The summed E-state index contributed by atoms with van der Waals surface area (Å²) in [7, 11) is 0. The number of benzene rings is 3. The predicted molar refractivity (Wildman–Crippen MR) is 127 cm³/mol. The second kappa shape index (κ2) is 9.56. The lowest BCUT2D eigenvalue weighted by molar-refractivity contribution is -0.394. The number of esters is 1. The lowest BCUT2D eigenvalue weighted by Crippen LogP contribution is -2.05. The van der Waals surface area contributed by atoms with Crippen LogP contribution in [-0.4, -0.2) is 21.7 Å². The molecule has 0 saturated carbocycles. The van der Waals surface area contributed by atoms with Crippen LogP contribution in [0, 0.1) is 20.2 Å². The number of non-ortho nitro benzene ring substituents is 1. The van der Waals surface area contributed by atoms with Crippen LogP contribution in [0.2, 0.25) is 0 Å². The van der Waals surface area contributed by atoms with Crippen molar-refractivity contribution in [1.29, 1.82) is 0 Å². The van der Waals surface area contributed by atoms with Crippen LogP contribution in [0.5, 0.6) is 11.5 Å². The molecule has 0 atom stereocenters. The van der Waals surface area contributed by atoms with Gasteiger partial charge in [0.2, 0.25) is 11.6 Å². The van der Waals surface area contributed by atoms with E-state index in [1.54, 1.807) is 24.3 Å². The summed E-state index contributed by atoms with van der Waals surface area (Å²) in [6.45, 7) is 4.17. The fourth-order valence-corrected chi connectivity index (χ4v) is 3.34. The molecule has 4 rings (SSSR count). The molecule has 10 heteroatoms. The Labute approximate surface area is 199 Å².